The van der Waals surface area contributed by atoms with Crippen molar-refractivity contribution in [2.24, 2.45) is 5.10 Å². The first-order chi connectivity index (χ1) is 14.6. The SMILES string of the molecule is CCOCCCn1c(N/N=C\c2ccc(C(=O)OC)cc2)nc2ccccc2c1=O. The van der Waals surface area contributed by atoms with E-state index in [1.807, 2.05) is 19.1 Å². The molecule has 8 heteroatoms. The van der Waals surface area contributed by atoms with Crippen LogP contribution in [0.15, 0.2) is 58.4 Å². The van der Waals surface area contributed by atoms with E-state index in [1.54, 1.807) is 47.2 Å². The van der Waals surface area contributed by atoms with Crippen LogP contribution in [0.3, 0.4) is 0 Å². The number of hydrogen-bond donors (Lipinski definition) is 1. The number of hydrazone groups is 1. The lowest BCUT2D eigenvalue weighted by Crippen LogP contribution is -2.25. The number of ether oxygens (including phenoxy) is 2. The molecule has 0 atom stereocenters. The van der Waals surface area contributed by atoms with Crippen LogP contribution in [-0.2, 0) is 16.0 Å². The Labute approximate surface area is 174 Å². The standard InChI is InChI=1S/C22H24N4O4/c1-3-30-14-6-13-26-20(27)18-7-4-5-8-19(18)24-22(26)25-23-15-16-9-11-17(12-10-16)21(28)29-2/h4-5,7-12,15H,3,6,13-14H2,1-2H3,(H,24,25)/b23-15-. The molecule has 1 N–H and O–H groups in total. The van der Waals surface area contributed by atoms with E-state index in [9.17, 15) is 9.59 Å². The number of carbonyl (C=O) groups is 1. The van der Waals surface area contributed by atoms with Gasteiger partial charge in [0.2, 0.25) is 5.95 Å². The van der Waals surface area contributed by atoms with Gasteiger partial charge in [0.15, 0.2) is 0 Å². The number of carbonyl (C=O) groups excluding carboxylic acids is 1. The number of benzene rings is 2. The molecule has 30 heavy (non-hydrogen) atoms. The van der Waals surface area contributed by atoms with Gasteiger partial charge in [0.25, 0.3) is 5.56 Å². The number of para-hydroxylation sites is 1. The fourth-order valence-electron chi connectivity index (χ4n) is 2.92. The summed E-state index contributed by atoms with van der Waals surface area (Å²) in [4.78, 5) is 29.0. The highest BCUT2D eigenvalue weighted by Crippen LogP contribution is 2.12. The van der Waals surface area contributed by atoms with E-state index in [0.717, 1.165) is 5.56 Å². The van der Waals surface area contributed by atoms with Crippen LogP contribution in [-0.4, -0.2) is 42.1 Å². The molecule has 0 bridgehead atoms. The van der Waals surface area contributed by atoms with Crippen LogP contribution in [0, 0.1) is 0 Å². The highest BCUT2D eigenvalue weighted by atomic mass is 16.5. The smallest absolute Gasteiger partial charge is 0.337 e. The number of anilines is 1. The molecular weight excluding hydrogens is 384 g/mol. The number of hydrogen-bond acceptors (Lipinski definition) is 7. The molecule has 0 aliphatic heterocycles. The van der Waals surface area contributed by atoms with Crippen molar-refractivity contribution in [3.05, 3.63) is 70.0 Å². The van der Waals surface area contributed by atoms with Crippen LogP contribution in [0.25, 0.3) is 10.9 Å². The molecular formula is C22H24N4O4. The van der Waals surface area contributed by atoms with Crippen LogP contribution in [0.4, 0.5) is 5.95 Å². The van der Waals surface area contributed by atoms with Gasteiger partial charge in [-0.2, -0.15) is 5.10 Å². The number of rotatable bonds is 9. The predicted molar refractivity (Wildman–Crippen MR) is 116 cm³/mol. The normalized spacial score (nSPS) is 11.1. The second kappa shape index (κ2) is 10.3. The van der Waals surface area contributed by atoms with Gasteiger partial charge in [-0.3, -0.25) is 9.36 Å². The quantitative estimate of drug-likeness (QED) is 0.253. The lowest BCUT2D eigenvalue weighted by Gasteiger charge is -2.12. The van der Waals surface area contributed by atoms with Crippen molar-refractivity contribution in [3.63, 3.8) is 0 Å². The van der Waals surface area contributed by atoms with E-state index in [4.69, 9.17) is 4.74 Å². The summed E-state index contributed by atoms with van der Waals surface area (Å²) in [6, 6.07) is 14.0. The molecule has 0 fully saturated rings. The summed E-state index contributed by atoms with van der Waals surface area (Å²) in [5.41, 5.74) is 4.59. The molecule has 0 saturated heterocycles. The van der Waals surface area contributed by atoms with Gasteiger partial charge in [-0.15, -0.1) is 0 Å². The third kappa shape index (κ3) is 5.09. The summed E-state index contributed by atoms with van der Waals surface area (Å²) < 4.78 is 11.6. The zero-order valence-electron chi connectivity index (χ0n) is 17.0. The minimum atomic E-state index is -0.395. The zero-order chi connectivity index (χ0) is 21.3. The first-order valence-corrected chi connectivity index (χ1v) is 9.68. The number of nitrogens with one attached hydrogen (secondary N) is 1. The number of methoxy groups -OCH3 is 1. The molecule has 0 aliphatic rings. The van der Waals surface area contributed by atoms with E-state index in [1.165, 1.54) is 7.11 Å². The molecule has 1 heterocycles. The molecule has 156 valence electrons. The topological polar surface area (TPSA) is 94.8 Å². The molecule has 0 aliphatic carbocycles. The summed E-state index contributed by atoms with van der Waals surface area (Å²) >= 11 is 0. The Kier molecular flexibility index (Phi) is 7.29. The van der Waals surface area contributed by atoms with E-state index in [-0.39, 0.29) is 5.56 Å². The van der Waals surface area contributed by atoms with Gasteiger partial charge >= 0.3 is 5.97 Å². The van der Waals surface area contributed by atoms with E-state index in [2.05, 4.69) is 20.2 Å². The molecule has 0 saturated carbocycles. The first kappa shape index (κ1) is 21.2. The first-order valence-electron chi connectivity index (χ1n) is 9.68. The van der Waals surface area contributed by atoms with Crippen LogP contribution in [0.5, 0.6) is 0 Å². The Morgan fingerprint density at radius 1 is 1.20 bits per heavy atom. The van der Waals surface area contributed by atoms with Crippen molar-refractivity contribution >= 4 is 29.0 Å². The van der Waals surface area contributed by atoms with Crippen LogP contribution >= 0.6 is 0 Å². The molecule has 8 nitrogen and oxygen atoms in total. The highest BCUT2D eigenvalue weighted by Gasteiger charge is 2.10. The van der Waals surface area contributed by atoms with E-state index < -0.39 is 5.97 Å². The van der Waals surface area contributed by atoms with Gasteiger partial charge in [-0.05, 0) is 43.2 Å². The average molecular weight is 408 g/mol. The van der Waals surface area contributed by atoms with Gasteiger partial charge in [0.05, 0.1) is 29.8 Å². The average Bonchev–Trinajstić information content (AvgIpc) is 2.78. The predicted octanol–water partition coefficient (Wildman–Crippen LogP) is 3.06. The summed E-state index contributed by atoms with van der Waals surface area (Å²) in [5, 5.41) is 4.77. The van der Waals surface area contributed by atoms with Gasteiger partial charge < -0.3 is 9.47 Å². The van der Waals surface area contributed by atoms with Crippen LogP contribution in [0.1, 0.15) is 29.3 Å². The molecule has 0 radical (unpaired) electrons. The summed E-state index contributed by atoms with van der Waals surface area (Å²) in [6.45, 7) is 3.59. The summed E-state index contributed by atoms with van der Waals surface area (Å²) in [5.74, 6) is -0.0364. The summed E-state index contributed by atoms with van der Waals surface area (Å²) in [7, 11) is 1.34. The maximum Gasteiger partial charge on any atom is 0.337 e. The number of nitrogens with zero attached hydrogens (tertiary/aromatic N) is 3. The Morgan fingerprint density at radius 2 is 1.97 bits per heavy atom. The van der Waals surface area contributed by atoms with Crippen LogP contribution < -0.4 is 11.0 Å². The van der Waals surface area contributed by atoms with Crippen molar-refractivity contribution in [3.8, 4) is 0 Å². The monoisotopic (exact) mass is 408 g/mol. The molecule has 3 rings (SSSR count). The van der Waals surface area contributed by atoms with Crippen molar-refractivity contribution in [1.82, 2.24) is 9.55 Å². The Bertz CT molecular complexity index is 1090. The maximum atomic E-state index is 12.9. The lowest BCUT2D eigenvalue weighted by molar-refractivity contribution is 0.0600. The van der Waals surface area contributed by atoms with Crippen LogP contribution in [0.2, 0.25) is 0 Å². The second-order valence-corrected chi connectivity index (χ2v) is 6.44. The molecule has 1 aromatic heterocycles. The largest absolute Gasteiger partial charge is 0.465 e. The molecule has 0 amide bonds. The lowest BCUT2D eigenvalue weighted by atomic mass is 10.1. The van der Waals surface area contributed by atoms with Crippen molar-refractivity contribution in [2.75, 3.05) is 25.7 Å². The van der Waals surface area contributed by atoms with Gasteiger partial charge in [-0.25, -0.2) is 15.2 Å². The fraction of sp³-hybridized carbons (Fsp3) is 0.273. The number of aromatic nitrogens is 2. The van der Waals surface area contributed by atoms with Gasteiger partial charge in [0.1, 0.15) is 0 Å². The Morgan fingerprint density at radius 3 is 2.70 bits per heavy atom. The van der Waals surface area contributed by atoms with Crippen molar-refractivity contribution in [1.29, 1.82) is 0 Å². The Balaban J connectivity index is 1.82. The molecule has 3 aromatic rings. The summed E-state index contributed by atoms with van der Waals surface area (Å²) in [6.07, 6.45) is 2.27. The number of esters is 1. The number of fused-ring (bicyclic) bond motifs is 1. The molecule has 0 unspecified atom stereocenters. The van der Waals surface area contributed by atoms with E-state index >= 15 is 0 Å². The van der Waals surface area contributed by atoms with Gasteiger partial charge in [0, 0.05) is 19.8 Å². The minimum absolute atomic E-state index is 0.128. The third-order valence-corrected chi connectivity index (χ3v) is 4.45. The van der Waals surface area contributed by atoms with Crippen molar-refractivity contribution in [2.45, 2.75) is 19.9 Å². The maximum absolute atomic E-state index is 12.9. The van der Waals surface area contributed by atoms with Gasteiger partial charge in [-0.1, -0.05) is 24.3 Å². The molecule has 0 spiro atoms. The Hall–Kier alpha value is -3.52. The second-order valence-electron chi connectivity index (χ2n) is 6.44. The molecule has 2 aromatic carbocycles. The third-order valence-electron chi connectivity index (χ3n) is 4.45. The minimum Gasteiger partial charge on any atom is -0.465 e. The fourth-order valence-corrected chi connectivity index (χ4v) is 2.92. The zero-order valence-corrected chi connectivity index (χ0v) is 17.0. The van der Waals surface area contributed by atoms with Crippen molar-refractivity contribution < 1.29 is 14.3 Å². The van der Waals surface area contributed by atoms with E-state index in [0.29, 0.717) is 48.6 Å². The highest BCUT2D eigenvalue weighted by molar-refractivity contribution is 5.90.